The van der Waals surface area contributed by atoms with Gasteiger partial charge in [0.25, 0.3) is 5.91 Å². The van der Waals surface area contributed by atoms with E-state index in [2.05, 4.69) is 34.4 Å². The lowest BCUT2D eigenvalue weighted by Gasteiger charge is -2.18. The molecular formula is C27H30F3N7O3. The van der Waals surface area contributed by atoms with Crippen LogP contribution in [0, 0.1) is 5.41 Å². The largest absolute Gasteiger partial charge is 0.472 e. The van der Waals surface area contributed by atoms with E-state index in [1.807, 2.05) is 0 Å². The average Bonchev–Trinajstić information content (AvgIpc) is 3.36. The Balaban J connectivity index is 0.00000141. The molecule has 0 saturated carbocycles. The number of nitrogens with zero attached hydrogens (tertiary/aromatic N) is 3. The Kier molecular flexibility index (Phi) is 10.0. The highest BCUT2D eigenvalue weighted by Crippen LogP contribution is 2.30. The van der Waals surface area contributed by atoms with Crippen molar-refractivity contribution < 1.29 is 27.5 Å². The molecule has 3 heterocycles. The minimum atomic E-state index is -4.56. The molecule has 1 atom stereocenters. The van der Waals surface area contributed by atoms with Crippen LogP contribution >= 0.6 is 0 Å². The number of nitrogens with one attached hydrogen (secondary N) is 3. The molecule has 0 spiro atoms. The van der Waals surface area contributed by atoms with Gasteiger partial charge in [0.2, 0.25) is 12.3 Å². The lowest BCUT2D eigenvalue weighted by Crippen LogP contribution is -2.24. The number of pyridine rings is 2. The van der Waals surface area contributed by atoms with Gasteiger partial charge in [0.05, 0.1) is 17.8 Å². The summed E-state index contributed by atoms with van der Waals surface area (Å²) in [7, 11) is 0. The smallest absolute Gasteiger partial charge is 0.416 e. The zero-order valence-corrected chi connectivity index (χ0v) is 22.0. The number of rotatable bonds is 7. The second kappa shape index (κ2) is 13.4. The van der Waals surface area contributed by atoms with Gasteiger partial charge >= 0.3 is 6.18 Å². The zero-order chi connectivity index (χ0) is 29.3. The van der Waals surface area contributed by atoms with E-state index in [0.29, 0.717) is 30.9 Å². The van der Waals surface area contributed by atoms with Gasteiger partial charge in [-0.1, -0.05) is 20.3 Å². The molecule has 13 heteroatoms. The first-order chi connectivity index (χ1) is 19.0. The highest BCUT2D eigenvalue weighted by atomic mass is 19.4. The van der Waals surface area contributed by atoms with Crippen molar-refractivity contribution in [2.24, 2.45) is 0 Å². The number of nitrogens with two attached hydrogens (primary N) is 1. The Morgan fingerprint density at radius 2 is 1.85 bits per heavy atom. The molecule has 40 heavy (non-hydrogen) atoms. The predicted octanol–water partition coefficient (Wildman–Crippen LogP) is 5.06. The summed E-state index contributed by atoms with van der Waals surface area (Å²) in [6.07, 6.45) is 0.105. The van der Waals surface area contributed by atoms with Gasteiger partial charge < -0.3 is 26.0 Å². The molecule has 0 radical (unpaired) electrons. The van der Waals surface area contributed by atoms with Crippen molar-refractivity contribution in [1.29, 1.82) is 5.41 Å². The molecule has 10 nitrogen and oxygen atoms in total. The minimum absolute atomic E-state index is 0.0739. The molecule has 2 aromatic heterocycles. The molecule has 0 aliphatic carbocycles. The van der Waals surface area contributed by atoms with Gasteiger partial charge in [-0.3, -0.25) is 15.0 Å². The first-order valence-corrected chi connectivity index (χ1v) is 12.5. The van der Waals surface area contributed by atoms with Gasteiger partial charge in [-0.05, 0) is 42.5 Å². The maximum Gasteiger partial charge on any atom is 0.416 e. The molecule has 1 aromatic carbocycles. The SMILES string of the molecule is CCC.N=C(OC1CCN(C=O)C1)c1c(Nc2ccc(C(=O)Nc3cc(C(F)(F)F)ccn3)cc2)ccnc1N. The van der Waals surface area contributed by atoms with Crippen LogP contribution in [-0.2, 0) is 15.7 Å². The summed E-state index contributed by atoms with van der Waals surface area (Å²) in [4.78, 5) is 32.8. The summed E-state index contributed by atoms with van der Waals surface area (Å²) in [5, 5.41) is 13.8. The summed E-state index contributed by atoms with van der Waals surface area (Å²) >= 11 is 0. The van der Waals surface area contributed by atoms with E-state index in [1.54, 1.807) is 23.1 Å². The Morgan fingerprint density at radius 1 is 1.18 bits per heavy atom. The Labute approximate surface area is 229 Å². The van der Waals surface area contributed by atoms with Crippen LogP contribution in [0.5, 0.6) is 0 Å². The molecule has 1 aliphatic heterocycles. The van der Waals surface area contributed by atoms with Crippen LogP contribution in [0.2, 0.25) is 0 Å². The van der Waals surface area contributed by atoms with E-state index >= 15 is 0 Å². The average molecular weight is 558 g/mol. The summed E-state index contributed by atoms with van der Waals surface area (Å²) in [5.41, 5.74) is 6.50. The van der Waals surface area contributed by atoms with Crippen molar-refractivity contribution in [2.75, 3.05) is 29.5 Å². The first-order valence-electron chi connectivity index (χ1n) is 12.5. The topological polar surface area (TPSA) is 146 Å². The molecule has 3 aromatic rings. The standard InChI is InChI=1S/C24H22F3N7O3.C3H8/c25-24(26,27)15-5-8-30-19(11-15)33-23(36)14-1-3-16(4-2-14)32-18-6-9-31-21(28)20(18)22(29)37-17-7-10-34(12-17)13-35;1-3-2/h1-6,8-9,11,13,17,29H,7,10,12H2,(H3,28,31,32)(H,30,33,36);3H2,1-2H3. The number of carbonyl (C=O) groups excluding carboxylic acids is 2. The van der Waals surface area contributed by atoms with Gasteiger partial charge in [-0.2, -0.15) is 13.2 Å². The Bertz CT molecular complexity index is 1330. The fraction of sp³-hybridized carbons (Fsp3) is 0.296. The number of amides is 2. The van der Waals surface area contributed by atoms with Crippen LogP contribution in [0.1, 0.15) is 48.2 Å². The number of aromatic nitrogens is 2. The second-order valence-corrected chi connectivity index (χ2v) is 8.87. The molecule has 5 N–H and O–H groups in total. The van der Waals surface area contributed by atoms with E-state index in [0.717, 1.165) is 24.7 Å². The molecule has 1 saturated heterocycles. The zero-order valence-electron chi connectivity index (χ0n) is 22.0. The number of halogens is 3. The van der Waals surface area contributed by atoms with Crippen molar-refractivity contribution in [1.82, 2.24) is 14.9 Å². The number of benzene rings is 1. The number of carbonyl (C=O) groups is 2. The molecule has 0 bridgehead atoms. The summed E-state index contributed by atoms with van der Waals surface area (Å²) in [6, 6.07) is 9.29. The first kappa shape index (κ1) is 29.9. The maximum absolute atomic E-state index is 12.9. The number of likely N-dealkylation sites (tertiary alicyclic amines) is 1. The Hall–Kier alpha value is -4.68. The van der Waals surface area contributed by atoms with Crippen LogP contribution in [0.3, 0.4) is 0 Å². The van der Waals surface area contributed by atoms with Gasteiger partial charge in [-0.25, -0.2) is 9.97 Å². The molecule has 1 unspecified atom stereocenters. The third kappa shape index (κ3) is 7.91. The van der Waals surface area contributed by atoms with Crippen molar-refractivity contribution >= 4 is 41.2 Å². The highest BCUT2D eigenvalue weighted by molar-refractivity contribution is 6.04. The van der Waals surface area contributed by atoms with Crippen LogP contribution in [0.4, 0.5) is 36.2 Å². The lowest BCUT2D eigenvalue weighted by atomic mass is 10.1. The van der Waals surface area contributed by atoms with E-state index < -0.39 is 17.6 Å². The monoisotopic (exact) mass is 557 g/mol. The number of anilines is 4. The predicted molar refractivity (Wildman–Crippen MR) is 145 cm³/mol. The van der Waals surface area contributed by atoms with E-state index in [1.165, 1.54) is 24.8 Å². The highest BCUT2D eigenvalue weighted by Gasteiger charge is 2.31. The van der Waals surface area contributed by atoms with Crippen LogP contribution in [0.15, 0.2) is 54.9 Å². The van der Waals surface area contributed by atoms with Gasteiger partial charge in [0, 0.05) is 36.6 Å². The quantitative estimate of drug-likeness (QED) is 0.180. The minimum Gasteiger partial charge on any atom is -0.472 e. The normalized spacial score (nSPS) is 14.5. The summed E-state index contributed by atoms with van der Waals surface area (Å²) < 4.78 is 44.4. The van der Waals surface area contributed by atoms with Crippen LogP contribution < -0.4 is 16.4 Å². The number of hydrogen-bond donors (Lipinski definition) is 4. The van der Waals surface area contributed by atoms with E-state index in [9.17, 15) is 22.8 Å². The summed E-state index contributed by atoms with van der Waals surface area (Å²) in [5.74, 6) is -0.987. The molecule has 1 fully saturated rings. The Morgan fingerprint density at radius 3 is 2.48 bits per heavy atom. The fourth-order valence-corrected chi connectivity index (χ4v) is 3.72. The van der Waals surface area contributed by atoms with Crippen molar-refractivity contribution in [3.63, 3.8) is 0 Å². The third-order valence-corrected chi connectivity index (χ3v) is 5.57. The number of alkyl halides is 3. The van der Waals surface area contributed by atoms with E-state index in [4.69, 9.17) is 15.9 Å². The third-order valence-electron chi connectivity index (χ3n) is 5.57. The van der Waals surface area contributed by atoms with Crippen molar-refractivity contribution in [3.8, 4) is 0 Å². The van der Waals surface area contributed by atoms with Crippen LogP contribution in [0.25, 0.3) is 0 Å². The molecule has 2 amide bonds. The second-order valence-electron chi connectivity index (χ2n) is 8.87. The van der Waals surface area contributed by atoms with Crippen molar-refractivity contribution in [2.45, 2.75) is 39.0 Å². The lowest BCUT2D eigenvalue weighted by molar-refractivity contribution is -0.137. The molecule has 1 aliphatic rings. The number of nitrogen functional groups attached to an aromatic ring is 1. The van der Waals surface area contributed by atoms with Crippen LogP contribution in [-0.4, -0.2) is 52.3 Å². The maximum atomic E-state index is 12.9. The van der Waals surface area contributed by atoms with E-state index in [-0.39, 0.29) is 34.8 Å². The number of hydrogen-bond acceptors (Lipinski definition) is 8. The molecule has 212 valence electrons. The fourth-order valence-electron chi connectivity index (χ4n) is 3.72. The number of ether oxygens (including phenoxy) is 1. The summed E-state index contributed by atoms with van der Waals surface area (Å²) in [6.45, 7) is 5.16. The van der Waals surface area contributed by atoms with Gasteiger partial charge in [0.1, 0.15) is 23.3 Å². The van der Waals surface area contributed by atoms with Gasteiger partial charge in [0.15, 0.2) is 0 Å². The van der Waals surface area contributed by atoms with Crippen molar-refractivity contribution in [3.05, 3.63) is 71.5 Å². The molecular weight excluding hydrogens is 527 g/mol. The van der Waals surface area contributed by atoms with Gasteiger partial charge in [-0.15, -0.1) is 0 Å². The molecule has 4 rings (SSSR count).